The van der Waals surface area contributed by atoms with Gasteiger partial charge in [0.1, 0.15) is 5.54 Å². The van der Waals surface area contributed by atoms with Crippen molar-refractivity contribution in [3.63, 3.8) is 0 Å². The van der Waals surface area contributed by atoms with E-state index >= 15 is 0 Å². The van der Waals surface area contributed by atoms with Crippen LogP contribution in [0.15, 0.2) is 0 Å². The summed E-state index contributed by atoms with van der Waals surface area (Å²) in [5.74, 6) is 4.74. The zero-order valence-electron chi connectivity index (χ0n) is 12.3. The van der Waals surface area contributed by atoms with Crippen molar-refractivity contribution in [2.75, 3.05) is 6.54 Å². The Labute approximate surface area is 124 Å². The van der Waals surface area contributed by atoms with E-state index in [1.165, 1.54) is 4.90 Å². The number of hydrogen-bond acceptors (Lipinski definition) is 4. The summed E-state index contributed by atoms with van der Waals surface area (Å²) in [6.07, 6.45) is 7.22. The number of carbonyl (C=O) groups is 3. The van der Waals surface area contributed by atoms with Gasteiger partial charge in [-0.05, 0) is 25.7 Å². The van der Waals surface area contributed by atoms with Crippen molar-refractivity contribution in [2.45, 2.75) is 63.3 Å². The van der Waals surface area contributed by atoms with Crippen LogP contribution in [0.4, 0.5) is 4.79 Å². The molecule has 0 unspecified atom stereocenters. The maximum Gasteiger partial charge on any atom is 0.325 e. The van der Waals surface area contributed by atoms with Gasteiger partial charge in [-0.1, -0.05) is 25.7 Å². The van der Waals surface area contributed by atoms with Crippen molar-refractivity contribution in [3.8, 4) is 0 Å². The van der Waals surface area contributed by atoms with E-state index in [1.54, 1.807) is 0 Å². The summed E-state index contributed by atoms with van der Waals surface area (Å²) < 4.78 is 0. The Morgan fingerprint density at radius 2 is 1.90 bits per heavy atom. The van der Waals surface area contributed by atoms with E-state index in [1.807, 2.05) is 0 Å². The zero-order chi connectivity index (χ0) is 15.3. The second-order valence-corrected chi connectivity index (χ2v) is 5.91. The van der Waals surface area contributed by atoms with Crippen LogP contribution in [0.3, 0.4) is 0 Å². The van der Waals surface area contributed by atoms with Crippen LogP contribution in [0.1, 0.15) is 57.8 Å². The number of hydrogen-bond donors (Lipinski definition) is 3. The molecule has 1 saturated carbocycles. The molecule has 1 spiro atoms. The predicted molar refractivity (Wildman–Crippen MR) is 76.9 cm³/mol. The van der Waals surface area contributed by atoms with Crippen molar-refractivity contribution in [1.29, 1.82) is 0 Å². The van der Waals surface area contributed by atoms with Crippen LogP contribution in [-0.2, 0) is 9.59 Å². The molecule has 1 heterocycles. The number of unbranched alkanes of at least 4 members (excludes halogenated alkanes) is 2. The first-order chi connectivity index (χ1) is 10.1. The highest BCUT2D eigenvalue weighted by Crippen LogP contribution is 2.33. The number of nitrogens with one attached hydrogen (secondary N) is 2. The van der Waals surface area contributed by atoms with Crippen LogP contribution in [0.5, 0.6) is 0 Å². The van der Waals surface area contributed by atoms with Crippen LogP contribution in [-0.4, -0.2) is 34.8 Å². The minimum atomic E-state index is -0.630. The fourth-order valence-electron chi connectivity index (χ4n) is 3.18. The quantitative estimate of drug-likeness (QED) is 0.221. The molecule has 1 aliphatic heterocycles. The first-order valence-electron chi connectivity index (χ1n) is 7.73. The molecule has 0 radical (unpaired) electrons. The van der Waals surface area contributed by atoms with E-state index in [0.29, 0.717) is 25.8 Å². The van der Waals surface area contributed by atoms with Gasteiger partial charge in [-0.3, -0.25) is 19.9 Å². The summed E-state index contributed by atoms with van der Waals surface area (Å²) in [6, 6.07) is -0.262. The Morgan fingerprint density at radius 3 is 2.57 bits per heavy atom. The van der Waals surface area contributed by atoms with Crippen molar-refractivity contribution in [3.05, 3.63) is 0 Å². The molecule has 4 amide bonds. The zero-order valence-corrected chi connectivity index (χ0v) is 12.3. The molecule has 2 aliphatic rings. The molecule has 7 heteroatoms. The molecule has 21 heavy (non-hydrogen) atoms. The fourth-order valence-corrected chi connectivity index (χ4v) is 3.18. The number of rotatable bonds is 6. The predicted octanol–water partition coefficient (Wildman–Crippen LogP) is 0.791. The summed E-state index contributed by atoms with van der Waals surface area (Å²) >= 11 is 0. The summed E-state index contributed by atoms with van der Waals surface area (Å²) in [7, 11) is 0. The van der Waals surface area contributed by atoms with E-state index < -0.39 is 5.54 Å². The summed E-state index contributed by atoms with van der Waals surface area (Å²) in [4.78, 5) is 36.8. The third-order valence-corrected chi connectivity index (χ3v) is 4.40. The summed E-state index contributed by atoms with van der Waals surface area (Å²) in [6.45, 7) is 0.427. The third-order valence-electron chi connectivity index (χ3n) is 4.40. The van der Waals surface area contributed by atoms with E-state index in [-0.39, 0.29) is 17.8 Å². The average molecular weight is 296 g/mol. The molecule has 1 saturated heterocycles. The number of carbonyl (C=O) groups excluding carboxylic acids is 3. The number of amides is 4. The minimum Gasteiger partial charge on any atom is -0.323 e. The van der Waals surface area contributed by atoms with Gasteiger partial charge in [0.05, 0.1) is 0 Å². The molecule has 118 valence electrons. The Balaban J connectivity index is 1.77. The topological polar surface area (TPSA) is 105 Å². The van der Waals surface area contributed by atoms with Gasteiger partial charge in [-0.2, -0.15) is 0 Å². The van der Waals surface area contributed by atoms with E-state index in [4.69, 9.17) is 5.84 Å². The van der Waals surface area contributed by atoms with Crippen molar-refractivity contribution in [2.24, 2.45) is 5.84 Å². The van der Waals surface area contributed by atoms with Crippen LogP contribution in [0.2, 0.25) is 0 Å². The van der Waals surface area contributed by atoms with Gasteiger partial charge in [-0.25, -0.2) is 10.6 Å². The number of hydrazine groups is 1. The lowest BCUT2D eigenvalue weighted by atomic mass is 9.82. The highest BCUT2D eigenvalue weighted by Gasteiger charge is 2.50. The van der Waals surface area contributed by atoms with Gasteiger partial charge in [0, 0.05) is 13.0 Å². The highest BCUT2D eigenvalue weighted by molar-refractivity contribution is 6.07. The molecule has 7 nitrogen and oxygen atoms in total. The average Bonchev–Trinajstić information content (AvgIpc) is 2.71. The Bertz CT molecular complexity index is 418. The van der Waals surface area contributed by atoms with Gasteiger partial charge in [0.15, 0.2) is 0 Å². The lowest BCUT2D eigenvalue weighted by Gasteiger charge is -2.30. The molecule has 1 aliphatic carbocycles. The van der Waals surface area contributed by atoms with Gasteiger partial charge >= 0.3 is 6.03 Å². The SMILES string of the molecule is NNC(=O)CCCCCN1C(=O)NC2(CCCCC2)C1=O. The van der Waals surface area contributed by atoms with Crippen LogP contribution >= 0.6 is 0 Å². The summed E-state index contributed by atoms with van der Waals surface area (Å²) in [5.41, 5.74) is 1.45. The first kappa shape index (κ1) is 15.8. The molecule has 0 bridgehead atoms. The minimum absolute atomic E-state index is 0.0631. The molecular formula is C14H24N4O3. The molecule has 0 aromatic rings. The van der Waals surface area contributed by atoms with Gasteiger partial charge in [-0.15, -0.1) is 0 Å². The molecule has 2 fully saturated rings. The van der Waals surface area contributed by atoms with Crippen LogP contribution in [0, 0.1) is 0 Å². The number of imide groups is 1. The van der Waals surface area contributed by atoms with Crippen molar-refractivity contribution in [1.82, 2.24) is 15.6 Å². The standard InChI is InChI=1S/C14H24N4O3/c15-17-11(19)7-3-1-6-10-18-12(20)14(16-13(18)21)8-4-2-5-9-14/h1-10,15H2,(H,16,21)(H,17,19). The first-order valence-corrected chi connectivity index (χ1v) is 7.73. The monoisotopic (exact) mass is 296 g/mol. The van der Waals surface area contributed by atoms with Crippen molar-refractivity contribution < 1.29 is 14.4 Å². The summed E-state index contributed by atoms with van der Waals surface area (Å²) in [5, 5.41) is 2.89. The smallest absolute Gasteiger partial charge is 0.323 e. The van der Waals surface area contributed by atoms with Gasteiger partial charge in [0.25, 0.3) is 5.91 Å². The maximum atomic E-state index is 12.5. The molecule has 0 atom stereocenters. The highest BCUT2D eigenvalue weighted by atomic mass is 16.2. The number of urea groups is 1. The molecule has 4 N–H and O–H groups in total. The second-order valence-electron chi connectivity index (χ2n) is 5.91. The van der Waals surface area contributed by atoms with E-state index in [2.05, 4.69) is 10.7 Å². The Kier molecular flexibility index (Phi) is 5.17. The Morgan fingerprint density at radius 1 is 1.19 bits per heavy atom. The van der Waals surface area contributed by atoms with E-state index in [0.717, 1.165) is 38.5 Å². The third kappa shape index (κ3) is 3.53. The second kappa shape index (κ2) is 6.89. The molecule has 2 rings (SSSR count). The van der Waals surface area contributed by atoms with E-state index in [9.17, 15) is 14.4 Å². The molecule has 0 aromatic heterocycles. The lowest BCUT2D eigenvalue weighted by molar-refractivity contribution is -0.132. The largest absolute Gasteiger partial charge is 0.325 e. The van der Waals surface area contributed by atoms with Gasteiger partial charge in [0.2, 0.25) is 5.91 Å². The normalized spacial score (nSPS) is 20.7. The molecule has 0 aromatic carbocycles. The molecular weight excluding hydrogens is 272 g/mol. The maximum absolute atomic E-state index is 12.5. The van der Waals surface area contributed by atoms with Crippen LogP contribution < -0.4 is 16.6 Å². The van der Waals surface area contributed by atoms with Crippen LogP contribution in [0.25, 0.3) is 0 Å². The Hall–Kier alpha value is -1.63. The number of nitrogens with zero attached hydrogens (tertiary/aromatic N) is 1. The van der Waals surface area contributed by atoms with Gasteiger partial charge < -0.3 is 5.32 Å². The number of nitrogens with two attached hydrogens (primary N) is 1. The fraction of sp³-hybridized carbons (Fsp3) is 0.786. The van der Waals surface area contributed by atoms with Crippen molar-refractivity contribution >= 4 is 17.8 Å². The lowest BCUT2D eigenvalue weighted by Crippen LogP contribution is -2.48.